The molecule has 11 rings (SSSR count). The van der Waals surface area contributed by atoms with Crippen molar-refractivity contribution in [2.75, 3.05) is 82.8 Å². The Bertz CT molecular complexity index is 4800. The number of carboxylic acid groups (broad SMARTS) is 1. The van der Waals surface area contributed by atoms with E-state index in [1.807, 2.05) is 48.4 Å². The average molecular weight is 2100 g/mol. The first kappa shape index (κ1) is 124. The van der Waals surface area contributed by atoms with Crippen LogP contribution in [0.1, 0.15) is 243 Å². The Balaban J connectivity index is 0.000000818. The first-order chi connectivity index (χ1) is 62.6. The molecule has 0 aliphatic carbocycles. The van der Waals surface area contributed by atoms with Crippen molar-refractivity contribution in [3.05, 3.63) is 153 Å². The van der Waals surface area contributed by atoms with Gasteiger partial charge in [-0.25, -0.2) is 51.5 Å². The second kappa shape index (κ2) is 57.3. The molecule has 762 valence electrons. The standard InChI is InChI=1S/2C20H26FN3O3.C20H26FNO5.C11H19NO5.C9H8BrFO.C7H13BrO2.C6H15ClSi.C2H4O.CH3BS.CH4.H3N/c2*1-13-11-14(5-6-15(13)21)16-12-22-17(23-16)20(26)7-9-24(10-8-20)18(25)27-19(2,3)4;1-13-11-15(5-6-16(13)21)17(23)12-26-18(24)14-7-9-22(10-8-14)19(25)27-20(2,3)4;1-10(2,3)17-9(15)12-6-4-11(16,5-7-12)8(13)14;1-6-4-7(9(12)5-10)2-3-8(6)11;8-4-6-10-7-3-1-2-5-9-7;1-6(2,3)8(4,5)7;2*1-2-3;;/h2*5-6,11-12,26H,7-10H2,1-4H3,(H,22,23);5-6,11,14H,7-10,12H2,1-4H3;16H,4-7H2,1-3H3,(H,13,14);2-4H,5H2,1H3;7H,1-6H2;1-5H3;2H,1H3;1H3;1H4;1H3/i26T;;;;;;;;;;. The monoisotopic (exact) mass is 2100 g/mol. The fraction of sp³-hybridized carbons (Fsp3) is 0.598. The molecule has 0 bridgehead atoms. The minimum Gasteiger partial charge on any atom is -0.479 e. The van der Waals surface area contributed by atoms with Gasteiger partial charge in [-0.2, -0.15) is 11.1 Å². The number of nitrogens with zero attached hydrogens (tertiary/aromatic N) is 6. The van der Waals surface area contributed by atoms with Gasteiger partial charge in [0.15, 0.2) is 37.4 Å². The van der Waals surface area contributed by atoms with Crippen molar-refractivity contribution in [1.29, 1.82) is 1.43 Å². The average Bonchev–Trinajstić information content (AvgIpc) is 1.69. The number of piperidine rings is 4. The second-order valence-electron chi connectivity index (χ2n) is 38.3. The number of amides is 4. The van der Waals surface area contributed by atoms with Gasteiger partial charge >= 0.3 is 61.3 Å². The predicted octanol–water partition coefficient (Wildman–Crippen LogP) is 21.5. The van der Waals surface area contributed by atoms with Crippen LogP contribution in [0.5, 0.6) is 0 Å². The fourth-order valence-corrected chi connectivity index (χ4v) is 13.1. The number of aryl methyl sites for hydroxylation is 4. The van der Waals surface area contributed by atoms with Crippen LogP contribution in [0, 0.1) is 56.9 Å². The number of aromatic nitrogens is 4. The second-order valence-corrected chi connectivity index (χ2v) is 47.4. The molecular formula is C97H147BBr2ClF4N9O20SSi. The predicted molar refractivity (Wildman–Crippen MR) is 534 cm³/mol. The summed E-state index contributed by atoms with van der Waals surface area (Å²) in [5, 5.41) is 36.1. The summed E-state index contributed by atoms with van der Waals surface area (Å²) in [4.78, 5) is 124. The summed E-state index contributed by atoms with van der Waals surface area (Å²) in [5.41, 5.74) is -0.129. The number of aldehydes is 1. The largest absolute Gasteiger partial charge is 0.479 e. The molecule has 5 fully saturated rings. The number of rotatable bonds is 15. The summed E-state index contributed by atoms with van der Waals surface area (Å²) in [7, 11) is -1.39. The van der Waals surface area contributed by atoms with Crippen molar-refractivity contribution in [3.8, 4) is 22.5 Å². The molecule has 5 aliphatic rings. The summed E-state index contributed by atoms with van der Waals surface area (Å²) in [6, 6.07) is 18.1. The number of hydrogen-bond donors (Lipinski definition) is 7. The zero-order valence-corrected chi connectivity index (χ0v) is 88.3. The summed E-state index contributed by atoms with van der Waals surface area (Å²) in [5.74, 6) is -2.64. The topological polar surface area (TPSA) is 404 Å². The van der Waals surface area contributed by atoms with Gasteiger partial charge in [0.05, 0.1) is 41.6 Å². The third kappa shape index (κ3) is 44.4. The third-order valence-electron chi connectivity index (χ3n) is 21.3. The van der Waals surface area contributed by atoms with E-state index in [1.54, 1.807) is 133 Å². The van der Waals surface area contributed by atoms with Gasteiger partial charge < -0.3 is 94.1 Å². The zero-order valence-electron chi connectivity index (χ0n) is 83.6. The summed E-state index contributed by atoms with van der Waals surface area (Å²) in [6.45, 7) is 46.5. The maximum atomic E-state index is 13.5. The Hall–Kier alpha value is -8.44. The van der Waals surface area contributed by atoms with Crippen LogP contribution in [0.15, 0.2) is 85.2 Å². The molecule has 1 atom stereocenters. The normalized spacial score (nSPS) is 16.2. The molecule has 29 nitrogen and oxygen atoms in total. The van der Waals surface area contributed by atoms with E-state index in [0.717, 1.165) is 53.8 Å². The molecule has 6 aromatic rings. The van der Waals surface area contributed by atoms with Crippen molar-refractivity contribution in [2.45, 2.75) is 287 Å². The van der Waals surface area contributed by atoms with E-state index in [4.69, 9.17) is 60.7 Å². The number of H-pyrrole nitrogens is 2. The number of aliphatic carboxylic acids is 1. The Morgan fingerprint density at radius 3 is 1.22 bits per heavy atom. The van der Waals surface area contributed by atoms with Crippen molar-refractivity contribution in [2.24, 2.45) is 5.92 Å². The fourth-order valence-electron chi connectivity index (χ4n) is 12.6. The number of benzene rings is 4. The van der Waals surface area contributed by atoms with Crippen LogP contribution in [0.25, 0.3) is 22.5 Å². The van der Waals surface area contributed by atoms with Crippen LogP contribution in [0.3, 0.4) is 0 Å². The maximum absolute atomic E-state index is 13.5. The number of alkyl halides is 2. The Morgan fingerprint density at radius 2 is 0.912 bits per heavy atom. The molecule has 1 unspecified atom stereocenters. The molecule has 2 aromatic heterocycles. The number of Topliss-reactive ketones (excluding diaryl/α,β-unsaturated/α-hetero) is 2. The number of carbonyl (C=O) groups is 9. The number of aromatic amines is 2. The van der Waals surface area contributed by atoms with Gasteiger partial charge in [0.1, 0.15) is 74.8 Å². The van der Waals surface area contributed by atoms with Crippen LogP contribution >= 0.6 is 55.0 Å². The maximum Gasteiger partial charge on any atom is 0.410 e. The number of likely N-dealkylation sites (tertiary alicyclic amines) is 4. The van der Waals surface area contributed by atoms with Gasteiger partial charge in [0.25, 0.3) is 0 Å². The number of ketones is 2. The first-order valence-electron chi connectivity index (χ1n) is 45.0. The molecule has 5 saturated heterocycles. The number of carboxylic acids is 1. The van der Waals surface area contributed by atoms with Crippen LogP contribution in [-0.2, 0) is 58.7 Å². The molecule has 136 heavy (non-hydrogen) atoms. The SMILES string of the molecule is BrCCOC1CCCCO1.C.CB=S.CC(C)(C)OC(=O)N1CCC(O)(C(=O)O)CC1.CC(C)(C)[Si](C)(C)Cl.CC=O.Cc1cc(-c2cnc(C3(O)CCN(C(=O)OC(C)(C)C)CC3)[nH]2)ccc1F.Cc1cc(C(=O)CBr)ccc1F.Cc1cc(C(=O)COC(=O)C2CCN(C(=O)OC(C)(C)C)CC2)ccc1F.N.[3H]OC1(c2ncc(-c3ccc(F)c(C)c3)[nH]2)CCN(C(=O)OC(C)(C)C)CC1. The number of hydrogen-bond acceptors (Lipinski definition) is 23. The molecule has 0 saturated carbocycles. The van der Waals surface area contributed by atoms with Gasteiger partial charge in [0, 0.05) is 125 Å². The van der Waals surface area contributed by atoms with Crippen LogP contribution in [-0.4, -0.2) is 246 Å². The molecule has 9 N–H and O–H groups in total. The molecule has 4 aromatic carbocycles. The van der Waals surface area contributed by atoms with E-state index in [-0.39, 0.29) is 111 Å². The Morgan fingerprint density at radius 1 is 0.581 bits per heavy atom. The quantitative estimate of drug-likeness (QED) is 0.00734. The van der Waals surface area contributed by atoms with Gasteiger partial charge in [-0.05, 0) is 250 Å². The summed E-state index contributed by atoms with van der Waals surface area (Å²) < 4.78 is 97.7. The number of ether oxygens (including phenoxy) is 7. The van der Waals surface area contributed by atoms with E-state index in [0.29, 0.717) is 128 Å². The van der Waals surface area contributed by atoms with E-state index in [1.165, 1.54) is 67.1 Å². The number of nitrogens with one attached hydrogen (secondary N) is 2. The van der Waals surface area contributed by atoms with E-state index in [9.17, 15) is 66.1 Å². The van der Waals surface area contributed by atoms with Crippen LogP contribution in [0.2, 0.25) is 25.0 Å². The van der Waals surface area contributed by atoms with Crippen molar-refractivity contribution in [1.82, 2.24) is 45.7 Å². The molecule has 0 radical (unpaired) electrons. The Kier molecular flexibility index (Phi) is 52.1. The van der Waals surface area contributed by atoms with Crippen LogP contribution < -0.4 is 6.15 Å². The van der Waals surface area contributed by atoms with Crippen LogP contribution in [0.4, 0.5) is 36.7 Å². The van der Waals surface area contributed by atoms with E-state index >= 15 is 0 Å². The third-order valence-corrected chi connectivity index (χ3v) is 27.4. The number of carbonyl (C=O) groups excluding carboxylic acids is 8. The van der Waals surface area contributed by atoms with Crippen molar-refractivity contribution < 1.29 is 114 Å². The number of imidazole rings is 2. The minimum absolute atomic E-state index is 0. The van der Waals surface area contributed by atoms with E-state index in [2.05, 4.69) is 97.7 Å². The van der Waals surface area contributed by atoms with Gasteiger partial charge in [-0.3, -0.25) is 14.4 Å². The summed E-state index contributed by atoms with van der Waals surface area (Å²) in [6.07, 6.45) is 10.1. The molecule has 5 aliphatic heterocycles. The molecular weight excluding hydrogens is 1950 g/mol. The minimum atomic E-state index is -1.71. The van der Waals surface area contributed by atoms with Crippen molar-refractivity contribution in [3.63, 3.8) is 0 Å². The first-order valence-corrected chi connectivity index (χ1v) is 51.3. The van der Waals surface area contributed by atoms with Gasteiger partial charge in [-0.1, -0.05) is 73.2 Å². The Labute approximate surface area is 830 Å². The van der Waals surface area contributed by atoms with E-state index < -0.39 is 70.7 Å². The number of esters is 1. The number of aliphatic hydroxyl groups is 3. The number of halogens is 7. The van der Waals surface area contributed by atoms with Gasteiger partial charge in [0.2, 0.25) is 1.43 Å². The molecule has 4 amide bonds. The summed E-state index contributed by atoms with van der Waals surface area (Å²) >= 11 is 16.8. The van der Waals surface area contributed by atoms with Crippen molar-refractivity contribution >= 4 is 123 Å². The molecule has 39 heteroatoms. The molecule has 0 spiro atoms. The zero-order chi connectivity index (χ0) is 103. The smallest absolute Gasteiger partial charge is 0.410 e. The van der Waals surface area contributed by atoms with Gasteiger partial charge in [-0.15, -0.1) is 0 Å². The molecule has 7 heterocycles.